The van der Waals surface area contributed by atoms with E-state index in [-0.39, 0.29) is 6.04 Å². The normalized spacial score (nSPS) is 20.4. The number of nitrogens with zero attached hydrogens (tertiary/aromatic N) is 2. The zero-order valence-corrected chi connectivity index (χ0v) is 12.3. The largest absolute Gasteiger partial charge is 0.414 e. The summed E-state index contributed by atoms with van der Waals surface area (Å²) in [7, 11) is 0. The molecule has 1 aliphatic rings. The molecular weight excluding hydrogens is 293 g/mol. The molecule has 0 aromatic heterocycles. The maximum atomic E-state index is 12.5. The van der Waals surface area contributed by atoms with Crippen LogP contribution in [0.1, 0.15) is 36.9 Å². The van der Waals surface area contributed by atoms with Gasteiger partial charge in [-0.1, -0.05) is 12.1 Å². The number of aliphatic hydroxyl groups is 1. The first-order chi connectivity index (χ1) is 10.3. The Morgan fingerprint density at radius 1 is 1.23 bits per heavy atom. The second-order valence-electron chi connectivity index (χ2n) is 5.77. The number of alkyl halides is 3. The quantitative estimate of drug-likeness (QED) is 0.932. The van der Waals surface area contributed by atoms with Gasteiger partial charge < -0.3 is 5.11 Å². The van der Waals surface area contributed by atoms with E-state index in [4.69, 9.17) is 5.26 Å². The molecule has 1 N–H and O–H groups in total. The van der Waals surface area contributed by atoms with Gasteiger partial charge in [-0.05, 0) is 56.5 Å². The highest BCUT2D eigenvalue weighted by atomic mass is 19.4. The summed E-state index contributed by atoms with van der Waals surface area (Å²) in [5, 5.41) is 18.1. The average molecular weight is 312 g/mol. The van der Waals surface area contributed by atoms with Gasteiger partial charge in [0.1, 0.15) is 0 Å². The number of nitriles is 1. The molecule has 2 unspecified atom stereocenters. The third-order valence-corrected chi connectivity index (χ3v) is 4.43. The molecule has 3 nitrogen and oxygen atoms in total. The SMILES string of the molecule is CC(c1ccc(C#N)cc1)N1CCC(C(O)C(F)(F)F)CC1. The summed E-state index contributed by atoms with van der Waals surface area (Å²) in [4.78, 5) is 2.11. The van der Waals surface area contributed by atoms with Crippen LogP contribution in [0.4, 0.5) is 13.2 Å². The van der Waals surface area contributed by atoms with Gasteiger partial charge in [0.05, 0.1) is 11.6 Å². The Bertz CT molecular complexity index is 528. The van der Waals surface area contributed by atoms with Crippen molar-refractivity contribution in [3.05, 3.63) is 35.4 Å². The first kappa shape index (κ1) is 16.8. The zero-order chi connectivity index (χ0) is 16.3. The molecule has 120 valence electrons. The summed E-state index contributed by atoms with van der Waals surface area (Å²) in [5.74, 6) is -0.718. The van der Waals surface area contributed by atoms with Crippen LogP contribution < -0.4 is 0 Å². The number of hydrogen-bond donors (Lipinski definition) is 1. The summed E-state index contributed by atoms with van der Waals surface area (Å²) in [6, 6.07) is 9.37. The molecule has 6 heteroatoms. The highest BCUT2D eigenvalue weighted by Crippen LogP contribution is 2.33. The average Bonchev–Trinajstić information content (AvgIpc) is 2.53. The number of halogens is 3. The van der Waals surface area contributed by atoms with Gasteiger partial charge in [-0.15, -0.1) is 0 Å². The van der Waals surface area contributed by atoms with E-state index in [9.17, 15) is 18.3 Å². The summed E-state index contributed by atoms with van der Waals surface area (Å²) in [5.41, 5.74) is 1.62. The molecule has 0 spiro atoms. The highest BCUT2D eigenvalue weighted by molar-refractivity contribution is 5.32. The molecule has 0 amide bonds. The Balaban J connectivity index is 1.94. The molecule has 2 rings (SSSR count). The molecule has 0 saturated carbocycles. The van der Waals surface area contributed by atoms with E-state index in [0.717, 1.165) is 5.56 Å². The maximum Gasteiger partial charge on any atom is 0.414 e. The Morgan fingerprint density at radius 2 is 1.77 bits per heavy atom. The van der Waals surface area contributed by atoms with Gasteiger partial charge in [0, 0.05) is 6.04 Å². The number of benzene rings is 1. The van der Waals surface area contributed by atoms with E-state index in [1.54, 1.807) is 12.1 Å². The van der Waals surface area contributed by atoms with Crippen LogP contribution in [0.25, 0.3) is 0 Å². The van der Waals surface area contributed by atoms with Crippen LogP contribution in [0.3, 0.4) is 0 Å². The van der Waals surface area contributed by atoms with Gasteiger partial charge in [-0.25, -0.2) is 0 Å². The van der Waals surface area contributed by atoms with E-state index >= 15 is 0 Å². The summed E-state index contributed by atoms with van der Waals surface area (Å²) < 4.78 is 37.6. The van der Waals surface area contributed by atoms with Crippen molar-refractivity contribution in [1.82, 2.24) is 4.90 Å². The minimum atomic E-state index is -4.54. The van der Waals surface area contributed by atoms with Gasteiger partial charge in [0.2, 0.25) is 0 Å². The number of hydrogen-bond acceptors (Lipinski definition) is 3. The lowest BCUT2D eigenvalue weighted by molar-refractivity contribution is -0.223. The predicted molar refractivity (Wildman–Crippen MR) is 75.9 cm³/mol. The molecule has 1 aliphatic heterocycles. The Hall–Kier alpha value is -1.58. The topological polar surface area (TPSA) is 47.3 Å². The van der Waals surface area contributed by atoms with Crippen molar-refractivity contribution in [3.8, 4) is 6.07 Å². The van der Waals surface area contributed by atoms with Gasteiger partial charge in [0.25, 0.3) is 0 Å². The third-order valence-electron chi connectivity index (χ3n) is 4.43. The van der Waals surface area contributed by atoms with Crippen molar-refractivity contribution < 1.29 is 18.3 Å². The molecule has 0 bridgehead atoms. The fourth-order valence-corrected chi connectivity index (χ4v) is 2.94. The monoisotopic (exact) mass is 312 g/mol. The van der Waals surface area contributed by atoms with Crippen molar-refractivity contribution in [2.45, 2.75) is 38.1 Å². The van der Waals surface area contributed by atoms with Crippen LogP contribution in [-0.2, 0) is 0 Å². The van der Waals surface area contributed by atoms with Crippen LogP contribution in [0, 0.1) is 17.2 Å². The van der Waals surface area contributed by atoms with Gasteiger partial charge in [0.15, 0.2) is 6.10 Å². The van der Waals surface area contributed by atoms with Crippen LogP contribution >= 0.6 is 0 Å². The van der Waals surface area contributed by atoms with Crippen LogP contribution in [0.15, 0.2) is 24.3 Å². The van der Waals surface area contributed by atoms with Gasteiger partial charge >= 0.3 is 6.18 Å². The van der Waals surface area contributed by atoms with Crippen molar-refractivity contribution in [2.24, 2.45) is 5.92 Å². The summed E-state index contributed by atoms with van der Waals surface area (Å²) in [6.45, 7) is 3.06. The molecule has 0 radical (unpaired) electrons. The van der Waals surface area contributed by atoms with Crippen LogP contribution in [0.2, 0.25) is 0 Å². The van der Waals surface area contributed by atoms with Gasteiger partial charge in [-0.2, -0.15) is 18.4 Å². The van der Waals surface area contributed by atoms with Crippen LogP contribution in [0.5, 0.6) is 0 Å². The minimum Gasteiger partial charge on any atom is -0.383 e. The predicted octanol–water partition coefficient (Wildman–Crippen LogP) is 3.25. The maximum absolute atomic E-state index is 12.5. The first-order valence-corrected chi connectivity index (χ1v) is 7.32. The molecule has 1 saturated heterocycles. The second-order valence-corrected chi connectivity index (χ2v) is 5.77. The molecule has 2 atom stereocenters. The lowest BCUT2D eigenvalue weighted by Crippen LogP contribution is -2.43. The van der Waals surface area contributed by atoms with E-state index in [0.29, 0.717) is 31.5 Å². The Kier molecular flexibility index (Phi) is 5.09. The molecule has 1 aromatic carbocycles. The van der Waals surface area contributed by atoms with E-state index < -0.39 is 18.2 Å². The number of aliphatic hydroxyl groups excluding tert-OH is 1. The molecule has 1 heterocycles. The van der Waals surface area contributed by atoms with Gasteiger partial charge in [-0.3, -0.25) is 4.90 Å². The minimum absolute atomic E-state index is 0.0803. The standard InChI is InChI=1S/C16H19F3N2O/c1-11(13-4-2-12(10-20)3-5-13)21-8-6-14(7-9-21)15(22)16(17,18)19/h2-5,11,14-15,22H,6-9H2,1H3. The summed E-state index contributed by atoms with van der Waals surface area (Å²) in [6.07, 6.45) is -6.09. The summed E-state index contributed by atoms with van der Waals surface area (Å²) >= 11 is 0. The van der Waals surface area contributed by atoms with Crippen molar-refractivity contribution in [3.63, 3.8) is 0 Å². The second kappa shape index (κ2) is 6.67. The Morgan fingerprint density at radius 3 is 2.23 bits per heavy atom. The zero-order valence-electron chi connectivity index (χ0n) is 12.3. The van der Waals surface area contributed by atoms with Crippen molar-refractivity contribution >= 4 is 0 Å². The molecule has 0 aliphatic carbocycles. The van der Waals surface area contributed by atoms with Crippen molar-refractivity contribution in [1.29, 1.82) is 5.26 Å². The lowest BCUT2D eigenvalue weighted by atomic mass is 9.89. The first-order valence-electron chi connectivity index (χ1n) is 7.32. The number of rotatable bonds is 3. The van der Waals surface area contributed by atoms with E-state index in [1.165, 1.54) is 0 Å². The molecule has 1 aromatic rings. The highest BCUT2D eigenvalue weighted by Gasteiger charge is 2.44. The lowest BCUT2D eigenvalue weighted by Gasteiger charge is -2.38. The smallest absolute Gasteiger partial charge is 0.383 e. The van der Waals surface area contributed by atoms with Crippen molar-refractivity contribution in [2.75, 3.05) is 13.1 Å². The fourth-order valence-electron chi connectivity index (χ4n) is 2.94. The number of piperidine rings is 1. The van der Waals surface area contributed by atoms with E-state index in [2.05, 4.69) is 11.0 Å². The fraction of sp³-hybridized carbons (Fsp3) is 0.562. The molecular formula is C16H19F3N2O. The molecule has 22 heavy (non-hydrogen) atoms. The van der Waals surface area contributed by atoms with Crippen LogP contribution in [-0.4, -0.2) is 35.4 Å². The Labute approximate surface area is 128 Å². The number of likely N-dealkylation sites (tertiary alicyclic amines) is 1. The van der Waals surface area contributed by atoms with E-state index in [1.807, 2.05) is 19.1 Å². The third kappa shape index (κ3) is 3.79. The molecule has 1 fully saturated rings.